The molecule has 0 saturated heterocycles. The molecule has 0 fully saturated rings. The summed E-state index contributed by atoms with van der Waals surface area (Å²) in [5.74, 6) is -0.445. The molecule has 0 N–H and O–H groups in total. The summed E-state index contributed by atoms with van der Waals surface area (Å²) in [4.78, 5) is 17.0. The van der Waals surface area contributed by atoms with Gasteiger partial charge in [-0.3, -0.25) is 4.79 Å². The Morgan fingerprint density at radius 2 is 1.87 bits per heavy atom. The predicted octanol–water partition coefficient (Wildman–Crippen LogP) is 2.72. The lowest BCUT2D eigenvalue weighted by atomic mass is 10.2. The van der Waals surface area contributed by atoms with Crippen LogP contribution in [0.5, 0.6) is 0 Å². The van der Waals surface area contributed by atoms with Crippen LogP contribution in [-0.4, -0.2) is 31.2 Å². The van der Waals surface area contributed by atoms with E-state index in [9.17, 15) is 4.79 Å². The Kier molecular flexibility index (Phi) is 4.12. The van der Waals surface area contributed by atoms with Gasteiger partial charge in [0.25, 0.3) is 5.91 Å². The predicted molar refractivity (Wildman–Crippen MR) is 63.0 cm³/mol. The van der Waals surface area contributed by atoms with Gasteiger partial charge in [0.2, 0.25) is 0 Å². The molecule has 0 heterocycles. The highest BCUT2D eigenvalue weighted by molar-refractivity contribution is 6.39. The van der Waals surface area contributed by atoms with E-state index in [2.05, 4.69) is 4.99 Å². The zero-order chi connectivity index (χ0) is 11.4. The van der Waals surface area contributed by atoms with Crippen molar-refractivity contribution in [2.24, 2.45) is 4.99 Å². The van der Waals surface area contributed by atoms with Crippen molar-refractivity contribution in [1.82, 2.24) is 4.90 Å². The van der Waals surface area contributed by atoms with Crippen molar-refractivity contribution in [2.45, 2.75) is 0 Å². The van der Waals surface area contributed by atoms with Gasteiger partial charge in [-0.15, -0.1) is 0 Å². The average Bonchev–Trinajstić information content (AvgIpc) is 2.14. The minimum atomic E-state index is -0.445. The number of hydrogen-bond donors (Lipinski definition) is 0. The van der Waals surface area contributed by atoms with E-state index >= 15 is 0 Å². The van der Waals surface area contributed by atoms with Crippen molar-refractivity contribution in [3.63, 3.8) is 0 Å². The summed E-state index contributed by atoms with van der Waals surface area (Å²) in [5.41, 5.74) is 0.235. The molecule has 80 valence electrons. The minimum absolute atomic E-state index is 0.235. The van der Waals surface area contributed by atoms with Crippen LogP contribution >= 0.6 is 23.2 Å². The fraction of sp³-hybridized carbons (Fsp3) is 0.200. The van der Waals surface area contributed by atoms with Gasteiger partial charge in [0.15, 0.2) is 0 Å². The van der Waals surface area contributed by atoms with Gasteiger partial charge in [-0.05, 0) is 12.1 Å². The Balaban J connectivity index is 3.01. The molecule has 1 aromatic carbocycles. The monoisotopic (exact) mass is 244 g/mol. The second-order valence-corrected chi connectivity index (χ2v) is 3.92. The lowest BCUT2D eigenvalue weighted by Crippen LogP contribution is -2.10. The smallest absolute Gasteiger partial charge is 0.281 e. The number of halogens is 2. The molecule has 1 amide bonds. The molecule has 0 aromatic heterocycles. The first-order valence-corrected chi connectivity index (χ1v) is 4.97. The maximum Gasteiger partial charge on any atom is 0.281 e. The largest absolute Gasteiger partial charge is 0.369 e. The quantitative estimate of drug-likeness (QED) is 0.592. The number of carbonyl (C=O) groups excluding carboxylic acids is 1. The van der Waals surface area contributed by atoms with Crippen molar-refractivity contribution < 1.29 is 4.79 Å². The summed E-state index contributed by atoms with van der Waals surface area (Å²) in [7, 11) is 3.54. The molecule has 0 radical (unpaired) electrons. The number of carbonyl (C=O) groups is 1. The molecule has 5 heteroatoms. The summed E-state index contributed by atoms with van der Waals surface area (Å²) in [6.45, 7) is 0. The van der Waals surface area contributed by atoms with Crippen LogP contribution in [0.4, 0.5) is 0 Å². The molecule has 1 rings (SSSR count). The molecule has 3 nitrogen and oxygen atoms in total. The van der Waals surface area contributed by atoms with Crippen LogP contribution in [0.3, 0.4) is 0 Å². The second kappa shape index (κ2) is 5.14. The van der Waals surface area contributed by atoms with Crippen LogP contribution in [0.25, 0.3) is 0 Å². The van der Waals surface area contributed by atoms with Crippen LogP contribution < -0.4 is 0 Å². The van der Waals surface area contributed by atoms with E-state index < -0.39 is 5.91 Å². The Morgan fingerprint density at radius 1 is 1.33 bits per heavy atom. The van der Waals surface area contributed by atoms with E-state index in [1.807, 2.05) is 0 Å². The van der Waals surface area contributed by atoms with Gasteiger partial charge in [0, 0.05) is 14.1 Å². The van der Waals surface area contributed by atoms with Crippen LogP contribution in [0.1, 0.15) is 10.4 Å². The summed E-state index contributed by atoms with van der Waals surface area (Å²) in [6.07, 6.45) is 1.40. The van der Waals surface area contributed by atoms with Crippen molar-refractivity contribution >= 4 is 35.4 Å². The van der Waals surface area contributed by atoms with Gasteiger partial charge in [0.1, 0.15) is 0 Å². The highest BCUT2D eigenvalue weighted by Gasteiger charge is 2.12. The third kappa shape index (κ3) is 3.22. The highest BCUT2D eigenvalue weighted by Crippen LogP contribution is 2.24. The fourth-order valence-corrected chi connectivity index (χ4v) is 1.49. The van der Waals surface area contributed by atoms with Crippen molar-refractivity contribution in [3.8, 4) is 0 Å². The van der Waals surface area contributed by atoms with Crippen LogP contribution in [0, 0.1) is 0 Å². The first-order chi connectivity index (χ1) is 7.02. The Bertz CT molecular complexity index is 382. The zero-order valence-corrected chi connectivity index (χ0v) is 9.88. The summed E-state index contributed by atoms with van der Waals surface area (Å²) < 4.78 is 0. The third-order valence-electron chi connectivity index (χ3n) is 1.58. The van der Waals surface area contributed by atoms with E-state index in [1.165, 1.54) is 6.34 Å². The molecule has 0 bridgehead atoms. The van der Waals surface area contributed by atoms with E-state index in [0.29, 0.717) is 10.0 Å². The molecule has 1 aromatic rings. The topological polar surface area (TPSA) is 32.7 Å². The highest BCUT2D eigenvalue weighted by atomic mass is 35.5. The molecule has 0 aliphatic carbocycles. The van der Waals surface area contributed by atoms with Gasteiger partial charge in [0.05, 0.1) is 21.9 Å². The first kappa shape index (κ1) is 12.0. The number of hydrogen-bond acceptors (Lipinski definition) is 1. The lowest BCUT2D eigenvalue weighted by molar-refractivity contribution is 0.100. The van der Waals surface area contributed by atoms with Gasteiger partial charge in [-0.2, -0.15) is 4.99 Å². The van der Waals surface area contributed by atoms with Gasteiger partial charge in [-0.1, -0.05) is 29.3 Å². The second-order valence-electron chi connectivity index (χ2n) is 3.11. The van der Waals surface area contributed by atoms with Gasteiger partial charge >= 0.3 is 0 Å². The number of amides is 1. The van der Waals surface area contributed by atoms with Gasteiger partial charge in [-0.25, -0.2) is 0 Å². The zero-order valence-electron chi connectivity index (χ0n) is 8.37. The van der Waals surface area contributed by atoms with E-state index in [0.717, 1.165) is 0 Å². The number of aliphatic imine (C=N–C) groups is 1. The normalized spacial score (nSPS) is 10.7. The maximum absolute atomic E-state index is 11.6. The van der Waals surface area contributed by atoms with Crippen LogP contribution in [0.15, 0.2) is 23.2 Å². The SMILES string of the molecule is CN(C)C=NC(=O)c1c(Cl)cccc1Cl. The molecule has 0 atom stereocenters. The van der Waals surface area contributed by atoms with Crippen LogP contribution in [0.2, 0.25) is 10.0 Å². The Hall–Kier alpha value is -1.06. The van der Waals surface area contributed by atoms with Crippen molar-refractivity contribution in [1.29, 1.82) is 0 Å². The van der Waals surface area contributed by atoms with Crippen molar-refractivity contribution in [3.05, 3.63) is 33.8 Å². The molecule has 0 unspecified atom stereocenters. The molecular formula is C10H10Cl2N2O. The Morgan fingerprint density at radius 3 is 2.33 bits per heavy atom. The molecule has 0 aliphatic heterocycles. The molecule has 0 saturated carbocycles. The summed E-state index contributed by atoms with van der Waals surface area (Å²) >= 11 is 11.7. The standard InChI is InChI=1S/C10H10Cl2N2O/c1-14(2)6-13-10(15)9-7(11)4-3-5-8(9)12/h3-6H,1-2H3. The number of nitrogens with zero attached hydrogens (tertiary/aromatic N) is 2. The fourth-order valence-electron chi connectivity index (χ4n) is 0.935. The molecule has 0 spiro atoms. The average molecular weight is 245 g/mol. The Labute approximate surface area is 98.3 Å². The summed E-state index contributed by atoms with van der Waals surface area (Å²) in [6, 6.07) is 4.88. The van der Waals surface area contributed by atoms with E-state index in [1.54, 1.807) is 37.2 Å². The van der Waals surface area contributed by atoms with Gasteiger partial charge < -0.3 is 4.90 Å². The van der Waals surface area contributed by atoms with E-state index in [4.69, 9.17) is 23.2 Å². The maximum atomic E-state index is 11.6. The molecule has 15 heavy (non-hydrogen) atoms. The van der Waals surface area contributed by atoms with E-state index in [-0.39, 0.29) is 5.56 Å². The molecular weight excluding hydrogens is 235 g/mol. The lowest BCUT2D eigenvalue weighted by Gasteiger charge is -2.04. The first-order valence-electron chi connectivity index (χ1n) is 4.21. The minimum Gasteiger partial charge on any atom is -0.369 e. The van der Waals surface area contributed by atoms with Crippen molar-refractivity contribution in [2.75, 3.05) is 14.1 Å². The summed E-state index contributed by atoms with van der Waals surface area (Å²) in [5, 5.41) is 0.617. The number of benzene rings is 1. The third-order valence-corrected chi connectivity index (χ3v) is 2.21. The van der Waals surface area contributed by atoms with Crippen LogP contribution in [-0.2, 0) is 0 Å². The number of rotatable bonds is 2. The molecule has 0 aliphatic rings.